The van der Waals surface area contributed by atoms with Crippen LogP contribution in [0.1, 0.15) is 45.7 Å². The predicted octanol–water partition coefficient (Wildman–Crippen LogP) is 4.41. The number of halogens is 1. The van der Waals surface area contributed by atoms with Crippen molar-refractivity contribution in [1.29, 1.82) is 0 Å². The van der Waals surface area contributed by atoms with Crippen LogP contribution in [0.4, 0.5) is 0 Å². The fourth-order valence-corrected chi connectivity index (χ4v) is 1.81. The zero-order valence-electron chi connectivity index (χ0n) is 10.6. The highest BCUT2D eigenvalue weighted by molar-refractivity contribution is 6.30. The Morgan fingerprint density at radius 1 is 1.31 bits per heavy atom. The van der Waals surface area contributed by atoms with Gasteiger partial charge < -0.3 is 5.73 Å². The number of hydrogen-bond donors (Lipinski definition) is 1. The molecule has 90 valence electrons. The van der Waals surface area contributed by atoms with Crippen molar-refractivity contribution in [1.82, 2.24) is 0 Å². The van der Waals surface area contributed by atoms with Gasteiger partial charge in [-0.05, 0) is 35.4 Å². The smallest absolute Gasteiger partial charge is 0.0409 e. The SMILES string of the molecule is CC(CC(N)c1cccc(Cl)c1)C(C)(C)C. The van der Waals surface area contributed by atoms with Gasteiger partial charge in [0.05, 0.1) is 0 Å². The molecule has 0 bridgehead atoms. The Hall–Kier alpha value is -0.530. The lowest BCUT2D eigenvalue weighted by Crippen LogP contribution is -2.23. The molecule has 1 aromatic carbocycles. The summed E-state index contributed by atoms with van der Waals surface area (Å²) in [5, 5.41) is 0.761. The highest BCUT2D eigenvalue weighted by Crippen LogP contribution is 2.32. The van der Waals surface area contributed by atoms with E-state index in [1.807, 2.05) is 24.3 Å². The molecule has 1 nitrogen and oxygen atoms in total. The molecule has 1 aromatic rings. The third kappa shape index (κ3) is 3.80. The van der Waals surface area contributed by atoms with E-state index in [4.69, 9.17) is 17.3 Å². The largest absolute Gasteiger partial charge is 0.324 e. The number of nitrogens with two attached hydrogens (primary N) is 1. The zero-order chi connectivity index (χ0) is 12.3. The van der Waals surface area contributed by atoms with Crippen molar-refractivity contribution in [2.24, 2.45) is 17.1 Å². The van der Waals surface area contributed by atoms with Crippen molar-refractivity contribution < 1.29 is 0 Å². The van der Waals surface area contributed by atoms with Gasteiger partial charge in [-0.15, -0.1) is 0 Å². The fraction of sp³-hybridized carbons (Fsp3) is 0.571. The van der Waals surface area contributed by atoms with Crippen LogP contribution < -0.4 is 5.73 Å². The van der Waals surface area contributed by atoms with Gasteiger partial charge in [0.25, 0.3) is 0 Å². The molecule has 0 saturated carbocycles. The van der Waals surface area contributed by atoms with Gasteiger partial charge in [0.2, 0.25) is 0 Å². The van der Waals surface area contributed by atoms with Crippen LogP contribution in [-0.2, 0) is 0 Å². The molecule has 0 spiro atoms. The fourth-order valence-electron chi connectivity index (χ4n) is 1.61. The molecule has 0 heterocycles. The molecule has 16 heavy (non-hydrogen) atoms. The highest BCUT2D eigenvalue weighted by atomic mass is 35.5. The second-order valence-corrected chi connectivity index (χ2v) is 6.10. The molecule has 0 radical (unpaired) electrons. The van der Waals surface area contributed by atoms with Gasteiger partial charge in [-0.2, -0.15) is 0 Å². The van der Waals surface area contributed by atoms with Crippen molar-refractivity contribution in [3.63, 3.8) is 0 Å². The van der Waals surface area contributed by atoms with E-state index < -0.39 is 0 Å². The highest BCUT2D eigenvalue weighted by Gasteiger charge is 2.22. The molecular formula is C14H22ClN. The molecule has 2 unspecified atom stereocenters. The summed E-state index contributed by atoms with van der Waals surface area (Å²) in [4.78, 5) is 0. The van der Waals surface area contributed by atoms with Gasteiger partial charge in [0, 0.05) is 11.1 Å². The summed E-state index contributed by atoms with van der Waals surface area (Å²) in [6, 6.07) is 7.92. The third-order valence-electron chi connectivity index (χ3n) is 3.36. The number of hydrogen-bond acceptors (Lipinski definition) is 1. The van der Waals surface area contributed by atoms with Crippen molar-refractivity contribution >= 4 is 11.6 Å². The van der Waals surface area contributed by atoms with Gasteiger partial charge in [0.1, 0.15) is 0 Å². The van der Waals surface area contributed by atoms with Crippen LogP contribution in [0.3, 0.4) is 0 Å². The maximum atomic E-state index is 6.20. The third-order valence-corrected chi connectivity index (χ3v) is 3.60. The van der Waals surface area contributed by atoms with Crippen LogP contribution in [0.5, 0.6) is 0 Å². The Kier molecular flexibility index (Phi) is 4.40. The van der Waals surface area contributed by atoms with Crippen LogP contribution in [0.25, 0.3) is 0 Å². The molecule has 0 aliphatic carbocycles. The quantitative estimate of drug-likeness (QED) is 0.831. The van der Waals surface area contributed by atoms with Gasteiger partial charge >= 0.3 is 0 Å². The molecule has 0 amide bonds. The molecule has 2 heteroatoms. The maximum Gasteiger partial charge on any atom is 0.0409 e. The van der Waals surface area contributed by atoms with E-state index in [-0.39, 0.29) is 6.04 Å². The van der Waals surface area contributed by atoms with Crippen LogP contribution in [0.2, 0.25) is 5.02 Å². The van der Waals surface area contributed by atoms with Crippen LogP contribution in [-0.4, -0.2) is 0 Å². The number of benzene rings is 1. The van der Waals surface area contributed by atoms with E-state index in [0.717, 1.165) is 17.0 Å². The van der Waals surface area contributed by atoms with Crippen molar-refractivity contribution in [2.45, 2.75) is 40.2 Å². The summed E-state index contributed by atoms with van der Waals surface area (Å²) < 4.78 is 0. The van der Waals surface area contributed by atoms with Gasteiger partial charge in [-0.25, -0.2) is 0 Å². The summed E-state index contributed by atoms with van der Waals surface area (Å²) in [5.74, 6) is 0.585. The summed E-state index contributed by atoms with van der Waals surface area (Å²) in [7, 11) is 0. The summed E-state index contributed by atoms with van der Waals surface area (Å²) in [6.07, 6.45) is 0.990. The minimum atomic E-state index is 0.0768. The zero-order valence-corrected chi connectivity index (χ0v) is 11.4. The van der Waals surface area contributed by atoms with Crippen molar-refractivity contribution in [2.75, 3.05) is 0 Å². The molecule has 0 aliphatic heterocycles. The Bertz CT molecular complexity index is 341. The van der Waals surface area contributed by atoms with Gasteiger partial charge in [-0.3, -0.25) is 0 Å². The molecule has 1 rings (SSSR count). The van der Waals surface area contributed by atoms with Crippen molar-refractivity contribution in [3.05, 3.63) is 34.9 Å². The van der Waals surface area contributed by atoms with Crippen LogP contribution in [0, 0.1) is 11.3 Å². The van der Waals surface area contributed by atoms with Crippen molar-refractivity contribution in [3.8, 4) is 0 Å². The lowest BCUT2D eigenvalue weighted by Gasteiger charge is -2.29. The van der Waals surface area contributed by atoms with E-state index in [1.54, 1.807) is 0 Å². The average molecular weight is 240 g/mol. The van der Waals surface area contributed by atoms with Gasteiger partial charge in [-0.1, -0.05) is 51.4 Å². The molecule has 0 saturated heterocycles. The standard InChI is InChI=1S/C14H22ClN/c1-10(14(2,3)4)8-13(16)11-6-5-7-12(15)9-11/h5-7,9-10,13H,8,16H2,1-4H3. The second-order valence-electron chi connectivity index (χ2n) is 5.66. The second kappa shape index (κ2) is 5.20. The topological polar surface area (TPSA) is 26.0 Å². The first kappa shape index (κ1) is 13.5. The van der Waals surface area contributed by atoms with Crippen LogP contribution >= 0.6 is 11.6 Å². The Balaban J connectivity index is 2.69. The summed E-state index contributed by atoms with van der Waals surface area (Å²) >= 11 is 5.96. The first-order chi connectivity index (χ1) is 7.30. The monoisotopic (exact) mass is 239 g/mol. The molecule has 2 atom stereocenters. The lowest BCUT2D eigenvalue weighted by atomic mass is 9.78. The molecular weight excluding hydrogens is 218 g/mol. The van der Waals surface area contributed by atoms with E-state index in [2.05, 4.69) is 27.7 Å². The Labute approximate surface area is 104 Å². The van der Waals surface area contributed by atoms with Gasteiger partial charge in [0.15, 0.2) is 0 Å². The minimum Gasteiger partial charge on any atom is -0.324 e. The molecule has 2 N–H and O–H groups in total. The Morgan fingerprint density at radius 3 is 2.44 bits per heavy atom. The number of rotatable bonds is 3. The van der Waals surface area contributed by atoms with Crippen LogP contribution in [0.15, 0.2) is 24.3 Å². The Morgan fingerprint density at radius 2 is 1.94 bits per heavy atom. The lowest BCUT2D eigenvalue weighted by molar-refractivity contribution is 0.234. The summed E-state index contributed by atoms with van der Waals surface area (Å²) in [6.45, 7) is 9.01. The normalized spacial score (nSPS) is 15.9. The summed E-state index contributed by atoms with van der Waals surface area (Å²) in [5.41, 5.74) is 7.63. The molecule has 0 fully saturated rings. The predicted molar refractivity (Wildman–Crippen MR) is 71.6 cm³/mol. The molecule has 0 aromatic heterocycles. The minimum absolute atomic E-state index is 0.0768. The first-order valence-corrected chi connectivity index (χ1v) is 6.19. The maximum absolute atomic E-state index is 6.20. The van der Waals surface area contributed by atoms with E-state index >= 15 is 0 Å². The van der Waals surface area contributed by atoms with E-state index in [1.165, 1.54) is 0 Å². The first-order valence-electron chi connectivity index (χ1n) is 5.81. The molecule has 0 aliphatic rings. The average Bonchev–Trinajstić information content (AvgIpc) is 2.16. The van der Waals surface area contributed by atoms with E-state index in [0.29, 0.717) is 11.3 Å². The van der Waals surface area contributed by atoms with E-state index in [9.17, 15) is 0 Å².